The molecule has 1 aromatic heterocycles. The van der Waals surface area contributed by atoms with Crippen LogP contribution >= 0.6 is 12.2 Å². The molecule has 0 aliphatic carbocycles. The quantitative estimate of drug-likeness (QED) is 0.875. The van der Waals surface area contributed by atoms with Gasteiger partial charge in [-0.15, -0.1) is 0 Å². The molecule has 0 radical (unpaired) electrons. The summed E-state index contributed by atoms with van der Waals surface area (Å²) in [5.74, 6) is 0.600. The van der Waals surface area contributed by atoms with Crippen molar-refractivity contribution in [1.82, 2.24) is 19.2 Å². The number of aryl methyl sites for hydroxylation is 1. The molecule has 0 spiro atoms. The van der Waals surface area contributed by atoms with Crippen LogP contribution in [0.25, 0.3) is 5.57 Å². The molecule has 6 heteroatoms. The summed E-state index contributed by atoms with van der Waals surface area (Å²) < 4.78 is 4.18. The van der Waals surface area contributed by atoms with Gasteiger partial charge in [-0.2, -0.15) is 5.10 Å². The van der Waals surface area contributed by atoms with Crippen LogP contribution in [0.4, 0.5) is 0 Å². The van der Waals surface area contributed by atoms with Crippen LogP contribution in [0.3, 0.4) is 0 Å². The molecule has 122 valence electrons. The SMILES string of the molecule is Cc1cccc(C2=CCN(Cn3nc(CO)n(C)c3=S)CC2)c1. The van der Waals surface area contributed by atoms with Crippen LogP contribution in [-0.4, -0.2) is 37.4 Å². The van der Waals surface area contributed by atoms with Gasteiger partial charge in [0.25, 0.3) is 0 Å². The molecule has 0 unspecified atom stereocenters. The molecule has 0 saturated carbocycles. The molecule has 1 aliphatic rings. The molecule has 23 heavy (non-hydrogen) atoms. The second-order valence-electron chi connectivity index (χ2n) is 5.98. The van der Waals surface area contributed by atoms with Crippen molar-refractivity contribution in [3.05, 3.63) is 52.1 Å². The van der Waals surface area contributed by atoms with E-state index >= 15 is 0 Å². The number of nitrogens with zero attached hydrogens (tertiary/aromatic N) is 4. The van der Waals surface area contributed by atoms with Crippen LogP contribution in [0.15, 0.2) is 30.3 Å². The maximum Gasteiger partial charge on any atom is 0.198 e. The third-order valence-corrected chi connectivity index (χ3v) is 4.77. The lowest BCUT2D eigenvalue weighted by Crippen LogP contribution is -2.31. The lowest BCUT2D eigenvalue weighted by atomic mass is 9.98. The van der Waals surface area contributed by atoms with Gasteiger partial charge in [-0.05, 0) is 36.7 Å². The molecule has 0 bridgehead atoms. The van der Waals surface area contributed by atoms with Crippen molar-refractivity contribution >= 4 is 17.8 Å². The summed E-state index contributed by atoms with van der Waals surface area (Å²) >= 11 is 5.37. The van der Waals surface area contributed by atoms with E-state index in [0.717, 1.165) is 19.5 Å². The van der Waals surface area contributed by atoms with E-state index in [-0.39, 0.29) is 6.61 Å². The lowest BCUT2D eigenvalue weighted by Gasteiger charge is -2.26. The molecular weight excluding hydrogens is 308 g/mol. The standard InChI is InChI=1S/C17H22N4OS/c1-13-4-3-5-15(10-13)14-6-8-20(9-7-14)12-21-17(23)19(2)16(11-22)18-21/h3-6,10,22H,7-9,11-12H2,1-2H3. The fourth-order valence-corrected chi connectivity index (χ4v) is 3.10. The summed E-state index contributed by atoms with van der Waals surface area (Å²) in [4.78, 5) is 2.31. The van der Waals surface area contributed by atoms with Gasteiger partial charge in [0.1, 0.15) is 6.61 Å². The second-order valence-corrected chi connectivity index (χ2v) is 6.35. The summed E-state index contributed by atoms with van der Waals surface area (Å²) in [6.07, 6.45) is 3.31. The summed E-state index contributed by atoms with van der Waals surface area (Å²) in [5, 5.41) is 13.7. The Morgan fingerprint density at radius 2 is 2.17 bits per heavy atom. The molecule has 1 aliphatic heterocycles. The highest BCUT2D eigenvalue weighted by Crippen LogP contribution is 2.23. The van der Waals surface area contributed by atoms with Crippen LogP contribution in [0.2, 0.25) is 0 Å². The highest BCUT2D eigenvalue weighted by atomic mass is 32.1. The highest BCUT2D eigenvalue weighted by Gasteiger charge is 2.15. The molecule has 1 aromatic carbocycles. The van der Waals surface area contributed by atoms with Gasteiger partial charge in [-0.3, -0.25) is 4.90 Å². The van der Waals surface area contributed by atoms with Gasteiger partial charge < -0.3 is 9.67 Å². The number of aromatic nitrogens is 3. The van der Waals surface area contributed by atoms with Gasteiger partial charge in [0.2, 0.25) is 0 Å². The van der Waals surface area contributed by atoms with Crippen molar-refractivity contribution < 1.29 is 5.11 Å². The Kier molecular flexibility index (Phi) is 4.75. The number of aliphatic hydroxyl groups is 1. The van der Waals surface area contributed by atoms with Crippen LogP contribution in [-0.2, 0) is 20.3 Å². The Labute approximate surface area is 141 Å². The summed E-state index contributed by atoms with van der Waals surface area (Å²) in [6, 6.07) is 8.66. The highest BCUT2D eigenvalue weighted by molar-refractivity contribution is 7.71. The smallest absolute Gasteiger partial charge is 0.198 e. The van der Waals surface area contributed by atoms with Crippen molar-refractivity contribution in [3.8, 4) is 0 Å². The first-order valence-electron chi connectivity index (χ1n) is 7.80. The zero-order valence-corrected chi connectivity index (χ0v) is 14.4. The van der Waals surface area contributed by atoms with Crippen LogP contribution in [0.5, 0.6) is 0 Å². The molecule has 3 rings (SSSR count). The Balaban J connectivity index is 1.70. The number of hydrogen-bond donors (Lipinski definition) is 1. The number of benzene rings is 1. The zero-order valence-electron chi connectivity index (χ0n) is 13.6. The van der Waals surface area contributed by atoms with E-state index < -0.39 is 0 Å². The predicted molar refractivity (Wildman–Crippen MR) is 93.3 cm³/mol. The van der Waals surface area contributed by atoms with Crippen molar-refractivity contribution in [2.45, 2.75) is 26.6 Å². The Hall–Kier alpha value is -1.76. The van der Waals surface area contributed by atoms with Gasteiger partial charge in [0.15, 0.2) is 10.6 Å². The van der Waals surface area contributed by atoms with E-state index in [1.807, 2.05) is 7.05 Å². The van der Waals surface area contributed by atoms with Crippen LogP contribution in [0, 0.1) is 11.7 Å². The Morgan fingerprint density at radius 1 is 1.35 bits per heavy atom. The molecule has 0 atom stereocenters. The summed E-state index contributed by atoms with van der Waals surface area (Å²) in [7, 11) is 1.84. The van der Waals surface area contributed by atoms with Gasteiger partial charge in [-0.25, -0.2) is 4.68 Å². The van der Waals surface area contributed by atoms with Gasteiger partial charge >= 0.3 is 0 Å². The van der Waals surface area contributed by atoms with E-state index in [9.17, 15) is 5.11 Å². The van der Waals surface area contributed by atoms with E-state index in [2.05, 4.69) is 47.3 Å². The van der Waals surface area contributed by atoms with E-state index in [0.29, 0.717) is 17.3 Å². The maximum atomic E-state index is 9.28. The maximum absolute atomic E-state index is 9.28. The lowest BCUT2D eigenvalue weighted by molar-refractivity contribution is 0.222. The van der Waals surface area contributed by atoms with E-state index in [4.69, 9.17) is 12.2 Å². The van der Waals surface area contributed by atoms with Crippen molar-refractivity contribution in [3.63, 3.8) is 0 Å². The molecule has 1 N–H and O–H groups in total. The molecule has 2 heterocycles. The molecule has 5 nitrogen and oxygen atoms in total. The van der Waals surface area contributed by atoms with Crippen molar-refractivity contribution in [2.75, 3.05) is 13.1 Å². The monoisotopic (exact) mass is 330 g/mol. The van der Waals surface area contributed by atoms with E-state index in [1.54, 1.807) is 9.25 Å². The minimum absolute atomic E-state index is 0.0927. The third kappa shape index (κ3) is 3.44. The fourth-order valence-electron chi connectivity index (χ4n) is 2.90. The average molecular weight is 330 g/mol. The predicted octanol–water partition coefficient (Wildman–Crippen LogP) is 2.50. The first-order chi connectivity index (χ1) is 11.1. The number of aliphatic hydroxyl groups excluding tert-OH is 1. The minimum Gasteiger partial charge on any atom is -0.388 e. The topological polar surface area (TPSA) is 46.2 Å². The van der Waals surface area contributed by atoms with Crippen LogP contribution < -0.4 is 0 Å². The Bertz CT molecular complexity index is 790. The number of hydrogen-bond acceptors (Lipinski definition) is 4. The molecular formula is C17H22N4OS. The third-order valence-electron chi connectivity index (χ3n) is 4.29. The fraction of sp³-hybridized carbons (Fsp3) is 0.412. The minimum atomic E-state index is -0.0927. The zero-order chi connectivity index (χ0) is 16.4. The Morgan fingerprint density at radius 3 is 2.78 bits per heavy atom. The average Bonchev–Trinajstić information content (AvgIpc) is 2.83. The normalized spacial score (nSPS) is 15.7. The van der Waals surface area contributed by atoms with Gasteiger partial charge in [0.05, 0.1) is 6.67 Å². The first kappa shape index (κ1) is 16.1. The van der Waals surface area contributed by atoms with Crippen molar-refractivity contribution in [1.29, 1.82) is 0 Å². The van der Waals surface area contributed by atoms with Gasteiger partial charge in [-0.1, -0.05) is 35.9 Å². The van der Waals surface area contributed by atoms with Crippen LogP contribution in [0.1, 0.15) is 23.4 Å². The molecule has 2 aromatic rings. The summed E-state index contributed by atoms with van der Waals surface area (Å²) in [5.41, 5.74) is 4.02. The van der Waals surface area contributed by atoms with Gasteiger partial charge in [0, 0.05) is 20.1 Å². The number of rotatable bonds is 4. The second kappa shape index (κ2) is 6.78. The van der Waals surface area contributed by atoms with Crippen molar-refractivity contribution in [2.24, 2.45) is 7.05 Å². The van der Waals surface area contributed by atoms with E-state index in [1.165, 1.54) is 16.7 Å². The first-order valence-corrected chi connectivity index (χ1v) is 8.21. The molecule has 0 saturated heterocycles. The molecule has 0 fully saturated rings. The molecule has 0 amide bonds. The summed E-state index contributed by atoms with van der Waals surface area (Å²) in [6.45, 7) is 4.55. The largest absolute Gasteiger partial charge is 0.388 e.